The summed E-state index contributed by atoms with van der Waals surface area (Å²) in [6, 6.07) is 26.5. The number of phenolic OH excluding ortho intramolecular Hbond substituents is 1. The topological polar surface area (TPSA) is 160 Å². The van der Waals surface area contributed by atoms with Crippen LogP contribution in [-0.4, -0.2) is 97.6 Å². The smallest absolute Gasteiger partial charge is 0.264 e. The number of carbonyl (C=O) groups is 3. The number of anilines is 1. The van der Waals surface area contributed by atoms with Crippen LogP contribution in [0.5, 0.6) is 17.2 Å². The summed E-state index contributed by atoms with van der Waals surface area (Å²) in [5.41, 5.74) is 6.66. The number of amides is 3. The Kier molecular flexibility index (Phi) is 11.0. The first kappa shape index (κ1) is 40.3. The third-order valence-corrected chi connectivity index (χ3v) is 12.5. The largest absolute Gasteiger partial charge is 0.508 e. The normalized spacial score (nSPS) is 17.3. The van der Waals surface area contributed by atoms with Crippen LogP contribution in [0.15, 0.2) is 91.0 Å². The number of morpholine rings is 1. The SMILES string of the molecule is CS(=O)(=O)NC(=O)c1cccc(CN(C(=O)c2cc(-c3cc4c(cc3C(=O)N3Cc5ccccc5C[C@H]3CN3CCOCC3)OCO4)n3c2CCCC3)c2ccc(O)cc2)c1. The van der Waals surface area contributed by atoms with Crippen molar-refractivity contribution in [2.24, 2.45) is 0 Å². The van der Waals surface area contributed by atoms with Crippen LogP contribution < -0.4 is 19.1 Å². The van der Waals surface area contributed by atoms with Gasteiger partial charge in [-0.1, -0.05) is 36.4 Å². The summed E-state index contributed by atoms with van der Waals surface area (Å²) >= 11 is 0. The van der Waals surface area contributed by atoms with Crippen LogP contribution in [-0.2, 0) is 47.2 Å². The zero-order chi connectivity index (χ0) is 42.3. The molecule has 4 aromatic carbocycles. The number of benzene rings is 4. The zero-order valence-corrected chi connectivity index (χ0v) is 34.7. The van der Waals surface area contributed by atoms with E-state index in [0.717, 1.165) is 49.9 Å². The van der Waals surface area contributed by atoms with Gasteiger partial charge in [-0.15, -0.1) is 0 Å². The molecule has 9 rings (SSSR count). The molecule has 5 heterocycles. The Hall–Kier alpha value is -6.16. The van der Waals surface area contributed by atoms with Gasteiger partial charge in [0.15, 0.2) is 11.5 Å². The van der Waals surface area contributed by atoms with Crippen molar-refractivity contribution < 1.29 is 42.1 Å². The highest BCUT2D eigenvalue weighted by Gasteiger charge is 2.36. The number of nitrogens with one attached hydrogen (secondary N) is 1. The molecule has 1 fully saturated rings. The predicted octanol–water partition coefficient (Wildman–Crippen LogP) is 5.36. The van der Waals surface area contributed by atoms with Crippen LogP contribution in [0, 0.1) is 0 Å². The zero-order valence-electron chi connectivity index (χ0n) is 33.8. The van der Waals surface area contributed by atoms with Gasteiger partial charge in [-0.25, -0.2) is 13.1 Å². The van der Waals surface area contributed by atoms with Crippen molar-refractivity contribution in [3.05, 3.63) is 130 Å². The molecule has 1 aromatic heterocycles. The average Bonchev–Trinajstić information content (AvgIpc) is 3.89. The highest BCUT2D eigenvalue weighted by molar-refractivity contribution is 7.89. The number of sulfonamides is 1. The highest BCUT2D eigenvalue weighted by atomic mass is 32.2. The summed E-state index contributed by atoms with van der Waals surface area (Å²) < 4.78 is 45.2. The van der Waals surface area contributed by atoms with E-state index in [1.807, 2.05) is 33.9 Å². The van der Waals surface area contributed by atoms with Gasteiger partial charge in [0.05, 0.1) is 37.1 Å². The summed E-state index contributed by atoms with van der Waals surface area (Å²) in [4.78, 5) is 49.1. The molecule has 4 aliphatic heterocycles. The Morgan fingerprint density at radius 2 is 1.61 bits per heavy atom. The van der Waals surface area contributed by atoms with Gasteiger partial charge < -0.3 is 33.7 Å². The molecule has 0 spiro atoms. The number of ether oxygens (including phenoxy) is 3. The predicted molar refractivity (Wildman–Crippen MR) is 227 cm³/mol. The van der Waals surface area contributed by atoms with Gasteiger partial charge in [-0.05, 0) is 97.0 Å². The number of aromatic hydroxyl groups is 1. The molecular formula is C46H47N5O9S. The standard InChI is InChI=1S/C46H47N5O9S/c1-61(56,57)47-44(53)32-10-6-7-30(21-32)26-50(34-12-14-36(52)15-13-34)46(55)39-23-41(49-16-5-4-11-40(39)49)37-24-42-43(60-29-59-42)25-38(37)45(54)51-27-33-9-3-2-8-31(33)22-35(51)28-48-17-19-58-20-18-48/h2-3,6-10,12-15,21,23-25,35,52H,4-5,11,16-20,22,26-29H2,1H3,(H,47,53)/t35-/m0/s1. The van der Waals surface area contributed by atoms with Crippen LogP contribution in [0.25, 0.3) is 11.3 Å². The number of phenols is 1. The molecule has 2 N–H and O–H groups in total. The maximum atomic E-state index is 15.3. The van der Waals surface area contributed by atoms with Crippen molar-refractivity contribution in [1.29, 1.82) is 0 Å². The number of hydrogen-bond acceptors (Lipinski definition) is 10. The second-order valence-electron chi connectivity index (χ2n) is 16.0. The molecule has 0 unspecified atom stereocenters. The second kappa shape index (κ2) is 16.7. The first-order chi connectivity index (χ1) is 29.5. The molecule has 5 aromatic rings. The molecule has 0 bridgehead atoms. The lowest BCUT2D eigenvalue weighted by Crippen LogP contribution is -2.52. The number of rotatable bonds is 10. The molecule has 4 aliphatic rings. The minimum absolute atomic E-state index is 0.0257. The summed E-state index contributed by atoms with van der Waals surface area (Å²) in [5, 5.41) is 10.2. The number of aromatic nitrogens is 1. The van der Waals surface area contributed by atoms with E-state index in [-0.39, 0.29) is 42.5 Å². The van der Waals surface area contributed by atoms with Gasteiger partial charge in [0.2, 0.25) is 16.8 Å². The minimum atomic E-state index is -3.81. The van der Waals surface area contributed by atoms with Gasteiger partial charge in [0, 0.05) is 67.0 Å². The van der Waals surface area contributed by atoms with Crippen LogP contribution in [0.2, 0.25) is 0 Å². The number of hydrogen-bond donors (Lipinski definition) is 2. The Bertz CT molecular complexity index is 2620. The quantitative estimate of drug-likeness (QED) is 0.187. The Morgan fingerprint density at radius 3 is 2.38 bits per heavy atom. The van der Waals surface area contributed by atoms with Crippen LogP contribution in [0.4, 0.5) is 5.69 Å². The molecule has 14 nitrogen and oxygen atoms in total. The molecule has 316 valence electrons. The molecule has 15 heteroatoms. The first-order valence-corrected chi connectivity index (χ1v) is 22.4. The summed E-state index contributed by atoms with van der Waals surface area (Å²) in [6.07, 6.45) is 4.00. The fourth-order valence-corrected chi connectivity index (χ4v) is 9.37. The molecule has 0 saturated carbocycles. The average molecular weight is 846 g/mol. The van der Waals surface area contributed by atoms with Crippen molar-refractivity contribution in [2.75, 3.05) is 50.8 Å². The third kappa shape index (κ3) is 8.45. The fourth-order valence-electron chi connectivity index (χ4n) is 8.92. The lowest BCUT2D eigenvalue weighted by atomic mass is 9.92. The monoisotopic (exact) mass is 845 g/mol. The van der Waals surface area contributed by atoms with E-state index >= 15 is 9.59 Å². The first-order valence-electron chi connectivity index (χ1n) is 20.6. The van der Waals surface area contributed by atoms with E-state index in [9.17, 15) is 18.3 Å². The molecule has 61 heavy (non-hydrogen) atoms. The van der Waals surface area contributed by atoms with Crippen molar-refractivity contribution >= 4 is 33.4 Å². The van der Waals surface area contributed by atoms with Crippen molar-refractivity contribution in [1.82, 2.24) is 19.1 Å². The Morgan fingerprint density at radius 1 is 0.852 bits per heavy atom. The molecule has 1 saturated heterocycles. The Balaban J connectivity index is 1.11. The van der Waals surface area contributed by atoms with Crippen LogP contribution in [0.3, 0.4) is 0 Å². The highest BCUT2D eigenvalue weighted by Crippen LogP contribution is 2.42. The van der Waals surface area contributed by atoms with E-state index in [4.69, 9.17) is 14.2 Å². The third-order valence-electron chi connectivity index (χ3n) is 11.9. The van der Waals surface area contributed by atoms with Gasteiger partial charge in [0.25, 0.3) is 17.7 Å². The van der Waals surface area contributed by atoms with Crippen molar-refractivity contribution in [3.63, 3.8) is 0 Å². The number of fused-ring (bicyclic) bond motifs is 3. The van der Waals surface area contributed by atoms with Crippen LogP contribution >= 0.6 is 0 Å². The van der Waals surface area contributed by atoms with Gasteiger partial charge >= 0.3 is 0 Å². The van der Waals surface area contributed by atoms with Crippen molar-refractivity contribution in [2.45, 2.75) is 51.4 Å². The molecule has 1 atom stereocenters. The fraction of sp³-hybridized carbons (Fsp3) is 0.326. The molecular weight excluding hydrogens is 799 g/mol. The number of nitrogens with zero attached hydrogens (tertiary/aromatic N) is 4. The maximum Gasteiger partial charge on any atom is 0.264 e. The lowest BCUT2D eigenvalue weighted by molar-refractivity contribution is 0.0193. The van der Waals surface area contributed by atoms with E-state index in [1.165, 1.54) is 23.8 Å². The summed E-state index contributed by atoms with van der Waals surface area (Å²) in [5.74, 6) is -0.199. The summed E-state index contributed by atoms with van der Waals surface area (Å²) in [6.45, 7) is 4.75. The molecule has 0 aliphatic carbocycles. The Labute approximate surface area is 354 Å². The van der Waals surface area contributed by atoms with E-state index < -0.39 is 15.9 Å². The second-order valence-corrected chi connectivity index (χ2v) is 17.8. The maximum absolute atomic E-state index is 15.3. The number of carbonyl (C=O) groups excluding carboxylic acids is 3. The molecule has 0 radical (unpaired) electrons. The van der Waals surface area contributed by atoms with E-state index in [1.54, 1.807) is 41.3 Å². The minimum Gasteiger partial charge on any atom is -0.508 e. The molecule has 3 amide bonds. The van der Waals surface area contributed by atoms with Crippen LogP contribution in [0.1, 0.15) is 66.3 Å². The van der Waals surface area contributed by atoms with Gasteiger partial charge in [-0.3, -0.25) is 19.3 Å². The van der Waals surface area contributed by atoms with Gasteiger partial charge in [-0.2, -0.15) is 0 Å². The van der Waals surface area contributed by atoms with Gasteiger partial charge in [0.1, 0.15) is 5.75 Å². The summed E-state index contributed by atoms with van der Waals surface area (Å²) in [7, 11) is -3.81. The van der Waals surface area contributed by atoms with Crippen molar-refractivity contribution in [3.8, 4) is 28.5 Å². The van der Waals surface area contributed by atoms with E-state index in [2.05, 4.69) is 21.6 Å². The lowest BCUT2D eigenvalue weighted by Gasteiger charge is -2.40. The van der Waals surface area contributed by atoms with E-state index in [0.29, 0.717) is 84.4 Å².